The van der Waals surface area contributed by atoms with Gasteiger partial charge in [0.1, 0.15) is 0 Å². The molecule has 1 aliphatic carbocycles. The zero-order valence-corrected chi connectivity index (χ0v) is 18.5. The summed E-state index contributed by atoms with van der Waals surface area (Å²) in [6.45, 7) is 0. The van der Waals surface area contributed by atoms with Crippen molar-refractivity contribution in [1.82, 2.24) is 9.97 Å². The van der Waals surface area contributed by atoms with Gasteiger partial charge in [-0.15, -0.1) is 22.7 Å². The lowest BCUT2D eigenvalue weighted by atomic mass is 9.87. The first-order chi connectivity index (χ1) is 15.7. The quantitative estimate of drug-likeness (QED) is 0.272. The number of nitrogens with one attached hydrogen (secondary N) is 2. The lowest BCUT2D eigenvalue weighted by molar-refractivity contribution is 0.962. The Labute approximate surface area is 189 Å². The zero-order valence-electron chi connectivity index (χ0n) is 16.8. The predicted molar refractivity (Wildman–Crippen MR) is 135 cm³/mol. The summed E-state index contributed by atoms with van der Waals surface area (Å²) in [6.07, 6.45) is 3.86. The van der Waals surface area contributed by atoms with E-state index in [4.69, 9.17) is 0 Å². The minimum Gasteiger partial charge on any atom is -0.325 e. The maximum atomic E-state index is 13.3. The van der Waals surface area contributed by atoms with E-state index in [1.165, 1.54) is 0 Å². The van der Waals surface area contributed by atoms with Gasteiger partial charge in [-0.25, -0.2) is 0 Å². The number of pyridine rings is 2. The van der Waals surface area contributed by atoms with Gasteiger partial charge in [0.2, 0.25) is 0 Å². The van der Waals surface area contributed by atoms with Crippen molar-refractivity contribution in [3.05, 3.63) is 84.8 Å². The molecule has 0 saturated heterocycles. The van der Waals surface area contributed by atoms with E-state index in [0.717, 1.165) is 66.0 Å². The molecule has 1 aliphatic rings. The number of aromatic amines is 2. The van der Waals surface area contributed by atoms with Crippen molar-refractivity contribution in [2.24, 2.45) is 0 Å². The first-order valence-electron chi connectivity index (χ1n) is 10.5. The van der Waals surface area contributed by atoms with Crippen LogP contribution in [0.3, 0.4) is 0 Å². The average molecular weight is 453 g/mol. The second-order valence-corrected chi connectivity index (χ2v) is 10.00. The van der Waals surface area contributed by atoms with E-state index in [1.54, 1.807) is 22.7 Å². The van der Waals surface area contributed by atoms with Crippen LogP contribution in [0.15, 0.2) is 62.8 Å². The number of benzene rings is 2. The molecule has 0 saturated carbocycles. The fourth-order valence-electron chi connectivity index (χ4n) is 5.23. The van der Waals surface area contributed by atoms with Gasteiger partial charge >= 0.3 is 0 Å². The third-order valence-electron chi connectivity index (χ3n) is 6.42. The largest absolute Gasteiger partial charge is 0.325 e. The highest BCUT2D eigenvalue weighted by Crippen LogP contribution is 2.40. The Morgan fingerprint density at radius 2 is 1.44 bits per heavy atom. The second kappa shape index (κ2) is 6.51. The molecule has 0 atom stereocenters. The Balaban J connectivity index is 1.87. The number of aryl methyl sites for hydroxylation is 1. The number of hydrogen-bond acceptors (Lipinski definition) is 4. The molecule has 0 spiro atoms. The Kier molecular flexibility index (Phi) is 3.69. The minimum absolute atomic E-state index is 0.0502. The van der Waals surface area contributed by atoms with E-state index >= 15 is 0 Å². The summed E-state index contributed by atoms with van der Waals surface area (Å²) in [5, 5.41) is 10.1. The van der Waals surface area contributed by atoms with Crippen molar-refractivity contribution in [3.63, 3.8) is 0 Å². The number of hydrogen-bond donors (Lipinski definition) is 2. The topological polar surface area (TPSA) is 65.7 Å². The molecule has 0 fully saturated rings. The summed E-state index contributed by atoms with van der Waals surface area (Å²) in [7, 11) is 0. The SMILES string of the molecule is O=c1[nH]c2cccc3c4c(-c5cccs5)c(=O)[nH]c5c4c(c(c1-c1cccs1)c23)=CCC5. The minimum atomic E-state index is -0.0773. The number of aromatic nitrogens is 2. The summed E-state index contributed by atoms with van der Waals surface area (Å²) in [4.78, 5) is 34.8. The van der Waals surface area contributed by atoms with E-state index in [9.17, 15) is 9.59 Å². The van der Waals surface area contributed by atoms with Crippen molar-refractivity contribution in [2.45, 2.75) is 12.8 Å². The van der Waals surface area contributed by atoms with Crippen LogP contribution in [-0.4, -0.2) is 9.97 Å². The number of H-pyrrole nitrogens is 2. The van der Waals surface area contributed by atoms with Crippen molar-refractivity contribution >= 4 is 61.2 Å². The zero-order chi connectivity index (χ0) is 21.4. The van der Waals surface area contributed by atoms with Gasteiger partial charge in [0, 0.05) is 42.5 Å². The van der Waals surface area contributed by atoms with Crippen molar-refractivity contribution in [3.8, 4) is 20.9 Å². The molecule has 4 aromatic heterocycles. The van der Waals surface area contributed by atoms with Gasteiger partial charge in [-0.3, -0.25) is 9.59 Å². The van der Waals surface area contributed by atoms with Crippen LogP contribution in [0.25, 0.3) is 59.4 Å². The van der Waals surface area contributed by atoms with E-state index < -0.39 is 0 Å². The van der Waals surface area contributed by atoms with Crippen molar-refractivity contribution < 1.29 is 0 Å². The molecule has 0 aliphatic heterocycles. The van der Waals surface area contributed by atoms with Gasteiger partial charge in [-0.05, 0) is 52.4 Å². The van der Waals surface area contributed by atoms with Gasteiger partial charge in [0.15, 0.2) is 0 Å². The molecule has 0 bridgehead atoms. The smallest absolute Gasteiger partial charge is 0.257 e. The molecule has 4 nitrogen and oxygen atoms in total. The molecule has 0 amide bonds. The predicted octanol–water partition coefficient (Wildman–Crippen LogP) is 5.43. The maximum absolute atomic E-state index is 13.3. The van der Waals surface area contributed by atoms with Gasteiger partial charge in [0.05, 0.1) is 11.1 Å². The summed E-state index contributed by atoms with van der Waals surface area (Å²) in [6, 6.07) is 14.0. The molecule has 0 unspecified atom stereocenters. The first-order valence-corrected chi connectivity index (χ1v) is 12.3. The van der Waals surface area contributed by atoms with Crippen molar-refractivity contribution in [2.75, 3.05) is 0 Å². The molecule has 2 aromatic carbocycles. The van der Waals surface area contributed by atoms with Crippen LogP contribution in [0.2, 0.25) is 0 Å². The second-order valence-electron chi connectivity index (χ2n) is 8.10. The summed E-state index contributed by atoms with van der Waals surface area (Å²) >= 11 is 3.15. The van der Waals surface area contributed by atoms with Gasteiger partial charge in [0.25, 0.3) is 11.1 Å². The third-order valence-corrected chi connectivity index (χ3v) is 8.19. The van der Waals surface area contributed by atoms with E-state index in [1.807, 2.05) is 47.2 Å². The Hall–Kier alpha value is -3.48. The summed E-state index contributed by atoms with van der Waals surface area (Å²) in [5.41, 5.74) is 3.07. The van der Waals surface area contributed by atoms with Gasteiger partial charge < -0.3 is 9.97 Å². The molecular formula is C26H16N2O2S2. The maximum Gasteiger partial charge on any atom is 0.257 e. The lowest BCUT2D eigenvalue weighted by Gasteiger charge is -2.20. The molecule has 32 heavy (non-hydrogen) atoms. The van der Waals surface area contributed by atoms with Gasteiger partial charge in [-0.2, -0.15) is 0 Å². The Bertz CT molecular complexity index is 1860. The molecule has 154 valence electrons. The van der Waals surface area contributed by atoms with Gasteiger partial charge in [-0.1, -0.05) is 30.3 Å². The fourth-order valence-corrected chi connectivity index (χ4v) is 6.78. The molecular weight excluding hydrogens is 436 g/mol. The number of fused-ring (bicyclic) bond motifs is 2. The van der Waals surface area contributed by atoms with Crippen LogP contribution in [-0.2, 0) is 6.42 Å². The number of rotatable bonds is 2. The average Bonchev–Trinajstić information content (AvgIpc) is 3.50. The van der Waals surface area contributed by atoms with Crippen LogP contribution in [0.4, 0.5) is 0 Å². The highest BCUT2D eigenvalue weighted by atomic mass is 32.1. The normalized spacial score (nSPS) is 13.2. The number of thiophene rings is 2. The van der Waals surface area contributed by atoms with E-state index in [0.29, 0.717) is 11.1 Å². The molecule has 2 N–H and O–H groups in total. The highest BCUT2D eigenvalue weighted by Gasteiger charge is 2.24. The van der Waals surface area contributed by atoms with Crippen LogP contribution < -0.4 is 16.3 Å². The summed E-state index contributed by atoms with van der Waals surface area (Å²) < 4.78 is 0. The third kappa shape index (κ3) is 2.31. The summed E-state index contributed by atoms with van der Waals surface area (Å²) in [5.74, 6) is 0. The monoisotopic (exact) mass is 452 g/mol. The molecule has 6 aromatic rings. The van der Waals surface area contributed by atoms with Crippen LogP contribution >= 0.6 is 22.7 Å². The molecule has 0 radical (unpaired) electrons. The molecule has 6 heteroatoms. The standard InChI is InChI=1S/C26H16N2O2S2/c29-25-24(18-10-4-12-32-18)22-14-6-2-8-16-20(14)21(13-5-1-7-15(27-25)19(13)22)23(26(30)28-16)17-9-3-11-31-17/h1,3-7,9-12H,2,8H2,(H,27,29)(H,28,30). The van der Waals surface area contributed by atoms with Crippen LogP contribution in [0, 0.1) is 0 Å². The van der Waals surface area contributed by atoms with Crippen LogP contribution in [0.5, 0.6) is 0 Å². The first kappa shape index (κ1) is 18.1. The Morgan fingerprint density at radius 3 is 2.16 bits per heavy atom. The Morgan fingerprint density at radius 1 is 0.719 bits per heavy atom. The fraction of sp³-hybridized carbons (Fsp3) is 0.0769. The van der Waals surface area contributed by atoms with E-state index in [-0.39, 0.29) is 11.1 Å². The lowest BCUT2D eigenvalue weighted by Crippen LogP contribution is -2.22. The molecule has 4 heterocycles. The highest BCUT2D eigenvalue weighted by molar-refractivity contribution is 7.14. The van der Waals surface area contributed by atoms with Crippen molar-refractivity contribution in [1.29, 1.82) is 0 Å². The van der Waals surface area contributed by atoms with E-state index in [2.05, 4.69) is 22.1 Å². The van der Waals surface area contributed by atoms with Crippen LogP contribution in [0.1, 0.15) is 12.1 Å². The molecule has 7 rings (SSSR count).